The van der Waals surface area contributed by atoms with E-state index in [1.807, 2.05) is 49.5 Å². The molecule has 1 heterocycles. The first kappa shape index (κ1) is 32.1. The molecule has 1 fully saturated rings. The summed E-state index contributed by atoms with van der Waals surface area (Å²) in [6, 6.07) is 13.2. The van der Waals surface area contributed by atoms with Crippen LogP contribution in [0.2, 0.25) is 0 Å². The summed E-state index contributed by atoms with van der Waals surface area (Å²) in [6.45, 7) is 1.64. The Bertz CT molecular complexity index is 1040. The SMILES string of the molecule is CNC1CN(Cc2ccc(F)cc2)C(=O)[C@H](CCSC)N1C(=O)CN(C)C.COc1ccc(CNC=O)cc1. The molecule has 3 amide bonds. The summed E-state index contributed by atoms with van der Waals surface area (Å²) in [5.74, 6) is 1.22. The summed E-state index contributed by atoms with van der Waals surface area (Å²) >= 11 is 1.66. The van der Waals surface area contributed by atoms with Gasteiger partial charge in [0.2, 0.25) is 18.2 Å². The zero-order valence-corrected chi connectivity index (χ0v) is 24.2. The number of likely N-dealkylation sites (N-methyl/N-ethyl adjacent to an activating group) is 2. The van der Waals surface area contributed by atoms with Gasteiger partial charge in [-0.05, 0) is 75.0 Å². The Hall–Kier alpha value is -3.15. The van der Waals surface area contributed by atoms with E-state index in [4.69, 9.17) is 4.74 Å². The molecule has 39 heavy (non-hydrogen) atoms. The second-order valence-corrected chi connectivity index (χ2v) is 10.3. The van der Waals surface area contributed by atoms with Crippen LogP contribution in [0.1, 0.15) is 17.5 Å². The summed E-state index contributed by atoms with van der Waals surface area (Å²) < 4.78 is 18.1. The molecule has 0 saturated carbocycles. The molecule has 11 heteroatoms. The normalized spacial score (nSPS) is 16.9. The molecule has 1 aliphatic heterocycles. The number of thioether (sulfide) groups is 1. The van der Waals surface area contributed by atoms with E-state index in [1.165, 1.54) is 12.1 Å². The monoisotopic (exact) mass is 561 g/mol. The zero-order chi connectivity index (χ0) is 28.8. The van der Waals surface area contributed by atoms with Crippen LogP contribution in [0, 0.1) is 5.82 Å². The Morgan fingerprint density at radius 2 is 1.79 bits per heavy atom. The third-order valence-corrected chi connectivity index (χ3v) is 6.81. The molecule has 2 aromatic carbocycles. The first-order valence-corrected chi connectivity index (χ1v) is 14.1. The number of halogens is 1. The highest BCUT2D eigenvalue weighted by Crippen LogP contribution is 2.22. The van der Waals surface area contributed by atoms with Gasteiger partial charge in [0, 0.05) is 13.1 Å². The Morgan fingerprint density at radius 3 is 2.33 bits per heavy atom. The van der Waals surface area contributed by atoms with Crippen LogP contribution in [-0.2, 0) is 27.5 Å². The molecule has 9 nitrogen and oxygen atoms in total. The molecule has 1 saturated heterocycles. The minimum atomic E-state index is -0.489. The minimum absolute atomic E-state index is 0.0491. The third-order valence-electron chi connectivity index (χ3n) is 6.16. The predicted octanol–water partition coefficient (Wildman–Crippen LogP) is 2.17. The average molecular weight is 562 g/mol. The maximum absolute atomic E-state index is 13.2. The van der Waals surface area contributed by atoms with E-state index in [2.05, 4.69) is 10.6 Å². The lowest BCUT2D eigenvalue weighted by molar-refractivity contribution is -0.158. The second-order valence-electron chi connectivity index (χ2n) is 9.33. The highest BCUT2D eigenvalue weighted by molar-refractivity contribution is 7.98. The number of amides is 3. The van der Waals surface area contributed by atoms with E-state index >= 15 is 0 Å². The maximum atomic E-state index is 13.2. The van der Waals surface area contributed by atoms with Crippen LogP contribution in [0.15, 0.2) is 48.5 Å². The number of ether oxygens (including phenoxy) is 1. The number of hydrogen-bond acceptors (Lipinski definition) is 7. The third kappa shape index (κ3) is 10.2. The number of methoxy groups -OCH3 is 1. The lowest BCUT2D eigenvalue weighted by Crippen LogP contribution is -2.67. The van der Waals surface area contributed by atoms with Crippen molar-refractivity contribution in [2.75, 3.05) is 53.4 Å². The number of nitrogens with zero attached hydrogens (tertiary/aromatic N) is 3. The lowest BCUT2D eigenvalue weighted by atomic mass is 10.0. The van der Waals surface area contributed by atoms with Gasteiger partial charge in [-0.15, -0.1) is 0 Å². The molecule has 1 unspecified atom stereocenters. The van der Waals surface area contributed by atoms with E-state index < -0.39 is 6.04 Å². The second kappa shape index (κ2) is 16.7. The van der Waals surface area contributed by atoms with E-state index in [1.54, 1.807) is 47.9 Å². The minimum Gasteiger partial charge on any atom is -0.497 e. The van der Waals surface area contributed by atoms with Gasteiger partial charge in [-0.25, -0.2) is 4.39 Å². The Balaban J connectivity index is 0.000000370. The first-order chi connectivity index (χ1) is 18.7. The van der Waals surface area contributed by atoms with Crippen LogP contribution in [0.3, 0.4) is 0 Å². The Kier molecular flexibility index (Phi) is 13.8. The van der Waals surface area contributed by atoms with Crippen LogP contribution in [-0.4, -0.2) is 98.5 Å². The fraction of sp³-hybridized carbons (Fsp3) is 0.464. The smallest absolute Gasteiger partial charge is 0.245 e. The van der Waals surface area contributed by atoms with Gasteiger partial charge >= 0.3 is 0 Å². The summed E-state index contributed by atoms with van der Waals surface area (Å²) in [7, 11) is 7.11. The van der Waals surface area contributed by atoms with Gasteiger partial charge in [-0.2, -0.15) is 11.8 Å². The molecule has 214 valence electrons. The van der Waals surface area contributed by atoms with Gasteiger partial charge < -0.3 is 24.8 Å². The highest BCUT2D eigenvalue weighted by atomic mass is 32.2. The van der Waals surface area contributed by atoms with Gasteiger partial charge in [0.25, 0.3) is 0 Å². The predicted molar refractivity (Wildman–Crippen MR) is 153 cm³/mol. The number of piperazine rings is 1. The van der Waals surface area contributed by atoms with Crippen LogP contribution >= 0.6 is 11.8 Å². The van der Waals surface area contributed by atoms with Crippen molar-refractivity contribution in [3.05, 3.63) is 65.5 Å². The van der Waals surface area contributed by atoms with Crippen molar-refractivity contribution >= 4 is 30.0 Å². The van der Waals surface area contributed by atoms with Crippen molar-refractivity contribution in [2.24, 2.45) is 0 Å². The van der Waals surface area contributed by atoms with Crippen molar-refractivity contribution in [1.82, 2.24) is 25.3 Å². The summed E-state index contributed by atoms with van der Waals surface area (Å²) in [6.07, 6.45) is 3.04. The summed E-state index contributed by atoms with van der Waals surface area (Å²) in [4.78, 5) is 41.2. The fourth-order valence-electron chi connectivity index (χ4n) is 4.21. The molecular weight excluding hydrogens is 521 g/mol. The highest BCUT2D eigenvalue weighted by Gasteiger charge is 2.42. The largest absolute Gasteiger partial charge is 0.497 e. The lowest BCUT2D eigenvalue weighted by Gasteiger charge is -2.46. The quantitative estimate of drug-likeness (QED) is 0.384. The first-order valence-electron chi connectivity index (χ1n) is 12.7. The molecule has 0 aromatic heterocycles. The number of carbonyl (C=O) groups excluding carboxylic acids is 3. The van der Waals surface area contributed by atoms with E-state index in [9.17, 15) is 18.8 Å². The molecule has 0 bridgehead atoms. The van der Waals surface area contributed by atoms with E-state index in [0.29, 0.717) is 32.5 Å². The maximum Gasteiger partial charge on any atom is 0.245 e. The Morgan fingerprint density at radius 1 is 1.15 bits per heavy atom. The van der Waals surface area contributed by atoms with Crippen LogP contribution < -0.4 is 15.4 Å². The molecule has 0 aliphatic carbocycles. The fourth-order valence-corrected chi connectivity index (χ4v) is 4.67. The topological polar surface area (TPSA) is 94.2 Å². The molecule has 2 atom stereocenters. The van der Waals surface area contributed by atoms with Crippen molar-refractivity contribution in [3.63, 3.8) is 0 Å². The van der Waals surface area contributed by atoms with Crippen molar-refractivity contribution < 1.29 is 23.5 Å². The van der Waals surface area contributed by atoms with Crippen LogP contribution in [0.25, 0.3) is 0 Å². The summed E-state index contributed by atoms with van der Waals surface area (Å²) in [5.41, 5.74) is 1.93. The number of hydrogen-bond donors (Lipinski definition) is 2. The molecule has 2 N–H and O–H groups in total. The molecular formula is C28H40FN5O4S. The van der Waals surface area contributed by atoms with E-state index in [-0.39, 0.29) is 30.3 Å². The Labute approximate surface area is 235 Å². The standard InChI is InChI=1S/C19H29FN4O2S.C9H11NO2/c1-21-17-12-23(11-14-5-7-15(20)8-6-14)19(26)16(9-10-27-4)24(17)18(25)13-22(2)3;1-12-9-4-2-8(3-5-9)6-10-7-11/h5-8,16-17,21H,9-13H2,1-4H3;2-5,7H,6H2,1H3,(H,10,11)/t16-,17?;/m0./s1. The van der Waals surface area contributed by atoms with E-state index in [0.717, 1.165) is 22.6 Å². The zero-order valence-electron chi connectivity index (χ0n) is 23.4. The van der Waals surface area contributed by atoms with Crippen molar-refractivity contribution in [1.29, 1.82) is 0 Å². The van der Waals surface area contributed by atoms with Gasteiger partial charge in [-0.1, -0.05) is 24.3 Å². The molecule has 3 rings (SSSR count). The molecule has 2 aromatic rings. The average Bonchev–Trinajstić information content (AvgIpc) is 2.93. The number of rotatable bonds is 12. The molecule has 0 spiro atoms. The van der Waals surface area contributed by atoms with Crippen LogP contribution in [0.5, 0.6) is 5.75 Å². The van der Waals surface area contributed by atoms with Gasteiger partial charge in [0.05, 0.1) is 20.2 Å². The number of carbonyl (C=O) groups is 3. The van der Waals surface area contributed by atoms with Crippen LogP contribution in [0.4, 0.5) is 4.39 Å². The van der Waals surface area contributed by atoms with Gasteiger partial charge in [0.1, 0.15) is 23.8 Å². The summed E-state index contributed by atoms with van der Waals surface area (Å²) in [5, 5.41) is 5.77. The van der Waals surface area contributed by atoms with Crippen molar-refractivity contribution in [3.8, 4) is 5.75 Å². The van der Waals surface area contributed by atoms with Gasteiger partial charge in [0.15, 0.2) is 0 Å². The van der Waals surface area contributed by atoms with Gasteiger partial charge in [-0.3, -0.25) is 19.7 Å². The molecule has 1 aliphatic rings. The van der Waals surface area contributed by atoms with Crippen molar-refractivity contribution in [2.45, 2.75) is 31.7 Å². The molecule has 0 radical (unpaired) electrons. The number of nitrogens with one attached hydrogen (secondary N) is 2. The number of benzene rings is 2.